The number of aryl methyl sites for hydroxylation is 2. The first-order chi connectivity index (χ1) is 12.9. The van der Waals surface area contributed by atoms with Crippen LogP contribution in [0.1, 0.15) is 25.0 Å². The van der Waals surface area contributed by atoms with E-state index < -0.39 is 11.8 Å². The number of halogens is 1. The van der Waals surface area contributed by atoms with Crippen molar-refractivity contribution in [3.8, 4) is 11.5 Å². The van der Waals surface area contributed by atoms with Crippen molar-refractivity contribution in [2.24, 2.45) is 0 Å². The summed E-state index contributed by atoms with van der Waals surface area (Å²) in [5.74, 6) is -0.893. The summed E-state index contributed by atoms with van der Waals surface area (Å²) in [7, 11) is 2.90. The van der Waals surface area contributed by atoms with Crippen molar-refractivity contribution in [1.29, 1.82) is 0 Å². The molecule has 0 aliphatic heterocycles. The van der Waals surface area contributed by atoms with Crippen LogP contribution >= 0.6 is 11.6 Å². The highest BCUT2D eigenvalue weighted by molar-refractivity contribution is 6.44. The molecule has 7 heteroatoms. The van der Waals surface area contributed by atoms with E-state index in [9.17, 15) is 9.59 Å². The standard InChI is InChI=1S/C20H23ClN2O4/c1-5-12-8-7-9-13(6-2)18(12)23-20(25)19(24)22-15-11-16(26-3)14(21)10-17(15)27-4/h7-11H,5-6H2,1-4H3,(H,22,24)(H,23,25). The molecule has 2 N–H and O–H groups in total. The zero-order chi connectivity index (χ0) is 20.0. The molecule has 2 aromatic carbocycles. The lowest BCUT2D eigenvalue weighted by Crippen LogP contribution is -2.30. The number of nitrogens with one attached hydrogen (secondary N) is 2. The Kier molecular flexibility index (Phi) is 7.07. The molecule has 2 rings (SSSR count). The predicted molar refractivity (Wildman–Crippen MR) is 107 cm³/mol. The fourth-order valence-corrected chi connectivity index (χ4v) is 2.94. The molecule has 2 aromatic rings. The van der Waals surface area contributed by atoms with Crippen LogP contribution in [0.25, 0.3) is 0 Å². The van der Waals surface area contributed by atoms with Crippen molar-refractivity contribution < 1.29 is 19.1 Å². The average molecular weight is 391 g/mol. The molecule has 0 saturated heterocycles. The molecule has 0 bridgehead atoms. The number of methoxy groups -OCH3 is 2. The molecule has 0 unspecified atom stereocenters. The maximum Gasteiger partial charge on any atom is 0.314 e. The number of benzene rings is 2. The highest BCUT2D eigenvalue weighted by atomic mass is 35.5. The molecule has 0 saturated carbocycles. The Labute approximate surface area is 163 Å². The smallest absolute Gasteiger partial charge is 0.314 e. The van der Waals surface area contributed by atoms with Crippen molar-refractivity contribution in [2.75, 3.05) is 24.9 Å². The normalized spacial score (nSPS) is 10.3. The summed E-state index contributed by atoms with van der Waals surface area (Å²) in [6, 6.07) is 8.82. The summed E-state index contributed by atoms with van der Waals surface area (Å²) in [5.41, 5.74) is 2.92. The van der Waals surface area contributed by atoms with Crippen LogP contribution < -0.4 is 20.1 Å². The molecule has 0 aliphatic carbocycles. The Morgan fingerprint density at radius 3 is 2.00 bits per heavy atom. The topological polar surface area (TPSA) is 76.7 Å². The minimum absolute atomic E-state index is 0.290. The van der Waals surface area contributed by atoms with Crippen LogP contribution in [0.5, 0.6) is 11.5 Å². The van der Waals surface area contributed by atoms with E-state index in [1.807, 2.05) is 32.0 Å². The number of hydrogen-bond donors (Lipinski definition) is 2. The van der Waals surface area contributed by atoms with Gasteiger partial charge >= 0.3 is 11.8 Å². The van der Waals surface area contributed by atoms with Gasteiger partial charge in [-0.3, -0.25) is 9.59 Å². The van der Waals surface area contributed by atoms with Crippen molar-refractivity contribution >= 4 is 34.8 Å². The molecule has 0 aromatic heterocycles. The number of carbonyl (C=O) groups is 2. The highest BCUT2D eigenvalue weighted by Gasteiger charge is 2.20. The monoisotopic (exact) mass is 390 g/mol. The van der Waals surface area contributed by atoms with Gasteiger partial charge in [0, 0.05) is 17.8 Å². The molecule has 0 atom stereocenters. The zero-order valence-electron chi connectivity index (χ0n) is 15.8. The lowest BCUT2D eigenvalue weighted by molar-refractivity contribution is -0.133. The van der Waals surface area contributed by atoms with E-state index in [0.717, 1.165) is 24.0 Å². The van der Waals surface area contributed by atoms with Crippen LogP contribution in [0.2, 0.25) is 5.02 Å². The zero-order valence-corrected chi connectivity index (χ0v) is 16.6. The summed E-state index contributed by atoms with van der Waals surface area (Å²) in [6.07, 6.45) is 1.49. The van der Waals surface area contributed by atoms with Gasteiger partial charge in [0.05, 0.1) is 24.9 Å². The minimum atomic E-state index is -0.814. The number of rotatable bonds is 6. The number of amides is 2. The number of anilines is 2. The summed E-state index contributed by atoms with van der Waals surface area (Å²) in [6.45, 7) is 3.99. The molecule has 0 aliphatic rings. The molecular formula is C20H23ClN2O4. The van der Waals surface area contributed by atoms with Gasteiger partial charge in [0.2, 0.25) is 0 Å². The fourth-order valence-electron chi connectivity index (χ4n) is 2.71. The molecule has 0 heterocycles. The first-order valence-corrected chi connectivity index (χ1v) is 8.97. The van der Waals surface area contributed by atoms with Crippen LogP contribution in [-0.2, 0) is 22.4 Å². The average Bonchev–Trinajstić information content (AvgIpc) is 2.68. The van der Waals surface area contributed by atoms with E-state index in [0.29, 0.717) is 27.9 Å². The van der Waals surface area contributed by atoms with Crippen molar-refractivity contribution in [3.05, 3.63) is 46.5 Å². The van der Waals surface area contributed by atoms with E-state index in [1.165, 1.54) is 26.4 Å². The lowest BCUT2D eigenvalue weighted by atomic mass is 10.0. The summed E-state index contributed by atoms with van der Waals surface area (Å²) in [5, 5.41) is 5.61. The van der Waals surface area contributed by atoms with E-state index in [1.54, 1.807) is 0 Å². The predicted octanol–water partition coefficient (Wildman–Crippen LogP) is 4.06. The molecule has 144 valence electrons. The second kappa shape index (κ2) is 9.28. The first kappa shape index (κ1) is 20.6. The maximum absolute atomic E-state index is 12.5. The Hall–Kier alpha value is -2.73. The largest absolute Gasteiger partial charge is 0.495 e. The quantitative estimate of drug-likeness (QED) is 0.729. The van der Waals surface area contributed by atoms with Gasteiger partial charge in [-0.2, -0.15) is 0 Å². The van der Waals surface area contributed by atoms with Gasteiger partial charge in [0.15, 0.2) is 0 Å². The van der Waals surface area contributed by atoms with E-state index in [4.69, 9.17) is 21.1 Å². The van der Waals surface area contributed by atoms with Gasteiger partial charge in [-0.25, -0.2) is 0 Å². The van der Waals surface area contributed by atoms with Crippen LogP contribution in [0, 0.1) is 0 Å². The van der Waals surface area contributed by atoms with Gasteiger partial charge in [-0.05, 0) is 24.0 Å². The lowest BCUT2D eigenvalue weighted by Gasteiger charge is -2.15. The van der Waals surface area contributed by atoms with Gasteiger partial charge in [-0.15, -0.1) is 0 Å². The Bertz CT molecular complexity index is 830. The highest BCUT2D eigenvalue weighted by Crippen LogP contribution is 2.35. The van der Waals surface area contributed by atoms with Crippen molar-refractivity contribution in [3.63, 3.8) is 0 Å². The summed E-state index contributed by atoms with van der Waals surface area (Å²) in [4.78, 5) is 24.9. The van der Waals surface area contributed by atoms with Crippen LogP contribution in [-0.4, -0.2) is 26.0 Å². The van der Waals surface area contributed by atoms with Crippen molar-refractivity contribution in [2.45, 2.75) is 26.7 Å². The molecule has 0 radical (unpaired) electrons. The third-order valence-electron chi connectivity index (χ3n) is 4.17. The minimum Gasteiger partial charge on any atom is -0.495 e. The van der Waals surface area contributed by atoms with Gasteiger partial charge in [0.25, 0.3) is 0 Å². The van der Waals surface area contributed by atoms with E-state index in [-0.39, 0.29) is 0 Å². The maximum atomic E-state index is 12.5. The Morgan fingerprint density at radius 1 is 0.926 bits per heavy atom. The molecule has 27 heavy (non-hydrogen) atoms. The number of hydrogen-bond acceptors (Lipinski definition) is 4. The second-order valence-corrected chi connectivity index (χ2v) is 6.16. The SMILES string of the molecule is CCc1cccc(CC)c1NC(=O)C(=O)Nc1cc(OC)c(Cl)cc1OC. The Balaban J connectivity index is 2.24. The number of carbonyl (C=O) groups excluding carboxylic acids is 2. The van der Waals surface area contributed by atoms with Gasteiger partial charge < -0.3 is 20.1 Å². The van der Waals surface area contributed by atoms with Crippen LogP contribution in [0.4, 0.5) is 11.4 Å². The summed E-state index contributed by atoms with van der Waals surface area (Å²) >= 11 is 6.06. The fraction of sp³-hybridized carbons (Fsp3) is 0.300. The van der Waals surface area contributed by atoms with Gasteiger partial charge in [-0.1, -0.05) is 43.6 Å². The number of ether oxygens (including phenoxy) is 2. The molecular weight excluding hydrogens is 368 g/mol. The van der Waals surface area contributed by atoms with Crippen LogP contribution in [0.3, 0.4) is 0 Å². The Morgan fingerprint density at radius 2 is 1.48 bits per heavy atom. The molecule has 0 spiro atoms. The molecule has 0 fully saturated rings. The van der Waals surface area contributed by atoms with E-state index >= 15 is 0 Å². The van der Waals surface area contributed by atoms with E-state index in [2.05, 4.69) is 10.6 Å². The van der Waals surface area contributed by atoms with Crippen molar-refractivity contribution in [1.82, 2.24) is 0 Å². The third-order valence-corrected chi connectivity index (χ3v) is 4.46. The second-order valence-electron chi connectivity index (χ2n) is 5.75. The van der Waals surface area contributed by atoms with Crippen LogP contribution in [0.15, 0.2) is 30.3 Å². The summed E-state index contributed by atoms with van der Waals surface area (Å²) < 4.78 is 10.4. The molecule has 2 amide bonds. The molecule has 6 nitrogen and oxygen atoms in total. The first-order valence-electron chi connectivity index (χ1n) is 8.59. The van der Waals surface area contributed by atoms with Gasteiger partial charge in [0.1, 0.15) is 11.5 Å². The number of para-hydroxylation sites is 1. The third kappa shape index (κ3) is 4.71.